The maximum absolute atomic E-state index is 12.3. The van der Waals surface area contributed by atoms with Crippen LogP contribution in [-0.4, -0.2) is 17.6 Å². The molecular formula is C25H18Br2N2O3S. The normalized spacial score (nSPS) is 10.5. The Kier molecular flexibility index (Phi) is 7.59. The Labute approximate surface area is 213 Å². The number of ether oxygens (including phenoxy) is 2. The van der Waals surface area contributed by atoms with Crippen LogP contribution in [0.1, 0.15) is 0 Å². The number of carbonyl (C=O) groups excluding carboxylic acids is 1. The van der Waals surface area contributed by atoms with Gasteiger partial charge >= 0.3 is 0 Å². The van der Waals surface area contributed by atoms with E-state index in [1.54, 1.807) is 0 Å². The summed E-state index contributed by atoms with van der Waals surface area (Å²) in [7, 11) is 0. The molecule has 4 aromatic rings. The van der Waals surface area contributed by atoms with Crippen molar-refractivity contribution in [2.75, 3.05) is 11.9 Å². The number of benzene rings is 4. The van der Waals surface area contributed by atoms with Crippen LogP contribution in [0, 0.1) is 0 Å². The lowest BCUT2D eigenvalue weighted by atomic mass is 10.1. The summed E-state index contributed by atoms with van der Waals surface area (Å²) >= 11 is 12.3. The molecule has 0 aliphatic rings. The minimum absolute atomic E-state index is 0.174. The fraction of sp³-hybridized carbons (Fsp3) is 0.0400. The Morgan fingerprint density at radius 1 is 0.879 bits per heavy atom. The van der Waals surface area contributed by atoms with Crippen molar-refractivity contribution in [2.24, 2.45) is 0 Å². The third-order valence-corrected chi connectivity index (χ3v) is 6.10. The second kappa shape index (κ2) is 10.8. The molecule has 4 rings (SSSR count). The van der Waals surface area contributed by atoms with Crippen LogP contribution in [-0.2, 0) is 4.79 Å². The molecule has 0 saturated heterocycles. The lowest BCUT2D eigenvalue weighted by Gasteiger charge is -2.12. The highest BCUT2D eigenvalue weighted by Crippen LogP contribution is 2.34. The van der Waals surface area contributed by atoms with E-state index in [1.807, 2.05) is 84.9 Å². The SMILES string of the molecule is O=C(COc1ccc2cc(Br)ccc2c1Br)NC(=S)Nc1ccc(Oc2ccccc2)cc1. The topological polar surface area (TPSA) is 59.6 Å². The maximum Gasteiger partial charge on any atom is 0.264 e. The highest BCUT2D eigenvalue weighted by Gasteiger charge is 2.10. The lowest BCUT2D eigenvalue weighted by Crippen LogP contribution is -2.37. The molecule has 0 aromatic heterocycles. The van der Waals surface area contributed by atoms with Crippen LogP contribution in [0.4, 0.5) is 5.69 Å². The first-order chi connectivity index (χ1) is 16.0. The van der Waals surface area contributed by atoms with Crippen LogP contribution >= 0.6 is 44.1 Å². The zero-order valence-corrected chi connectivity index (χ0v) is 21.2. The molecule has 166 valence electrons. The number of hydrogen-bond donors (Lipinski definition) is 2. The minimum Gasteiger partial charge on any atom is -0.483 e. The Hall–Kier alpha value is -2.94. The molecule has 8 heteroatoms. The van der Waals surface area contributed by atoms with Crippen molar-refractivity contribution in [3.8, 4) is 17.2 Å². The van der Waals surface area contributed by atoms with E-state index in [4.69, 9.17) is 21.7 Å². The zero-order valence-electron chi connectivity index (χ0n) is 17.2. The first-order valence-corrected chi connectivity index (χ1v) is 11.9. The number of rotatable bonds is 6. The van der Waals surface area contributed by atoms with Gasteiger partial charge in [0.2, 0.25) is 0 Å². The zero-order chi connectivity index (χ0) is 23.2. The van der Waals surface area contributed by atoms with Gasteiger partial charge in [-0.05, 0) is 93.5 Å². The number of anilines is 1. The molecule has 0 fully saturated rings. The third-order valence-electron chi connectivity index (χ3n) is 4.58. The monoisotopic (exact) mass is 584 g/mol. The summed E-state index contributed by atoms with van der Waals surface area (Å²) in [6.45, 7) is -0.174. The van der Waals surface area contributed by atoms with E-state index in [0.717, 1.165) is 31.2 Å². The number of para-hydroxylation sites is 1. The molecule has 0 saturated carbocycles. The van der Waals surface area contributed by atoms with E-state index in [-0.39, 0.29) is 17.6 Å². The molecule has 0 aliphatic heterocycles. The lowest BCUT2D eigenvalue weighted by molar-refractivity contribution is -0.121. The van der Waals surface area contributed by atoms with Gasteiger partial charge in [0.05, 0.1) is 4.47 Å². The Bertz CT molecular complexity index is 1300. The largest absolute Gasteiger partial charge is 0.483 e. The fourth-order valence-electron chi connectivity index (χ4n) is 3.05. The van der Waals surface area contributed by atoms with Crippen LogP contribution in [0.3, 0.4) is 0 Å². The number of halogens is 2. The first kappa shape index (κ1) is 23.2. The number of nitrogens with one attached hydrogen (secondary N) is 2. The van der Waals surface area contributed by atoms with Gasteiger partial charge in [-0.25, -0.2) is 0 Å². The summed E-state index contributed by atoms with van der Waals surface area (Å²) in [6, 6.07) is 26.5. The standard InChI is InChI=1S/C25H18Br2N2O3S/c26-17-7-12-21-16(14-17)6-13-22(24(21)27)31-15-23(30)29-25(33)28-18-8-10-20(11-9-18)32-19-4-2-1-3-5-19/h1-14H,15H2,(H2,28,29,30,33). The van der Waals surface area contributed by atoms with E-state index in [1.165, 1.54) is 0 Å². The van der Waals surface area contributed by atoms with Gasteiger partial charge in [0.1, 0.15) is 17.2 Å². The van der Waals surface area contributed by atoms with Crippen LogP contribution in [0.2, 0.25) is 0 Å². The van der Waals surface area contributed by atoms with Gasteiger partial charge in [0.25, 0.3) is 5.91 Å². The Morgan fingerprint density at radius 3 is 2.36 bits per heavy atom. The quantitative estimate of drug-likeness (QED) is 0.237. The molecule has 0 bridgehead atoms. The van der Waals surface area contributed by atoms with Crippen LogP contribution < -0.4 is 20.1 Å². The summed E-state index contributed by atoms with van der Waals surface area (Å²) in [6.07, 6.45) is 0. The van der Waals surface area contributed by atoms with E-state index >= 15 is 0 Å². The van der Waals surface area contributed by atoms with Gasteiger partial charge in [-0.15, -0.1) is 0 Å². The first-order valence-electron chi connectivity index (χ1n) is 9.92. The fourth-order valence-corrected chi connectivity index (χ4v) is 4.27. The van der Waals surface area contributed by atoms with E-state index in [2.05, 4.69) is 42.5 Å². The molecule has 5 nitrogen and oxygen atoms in total. The number of thiocarbonyl (C=S) groups is 1. The molecule has 0 unspecified atom stereocenters. The number of fused-ring (bicyclic) bond motifs is 1. The smallest absolute Gasteiger partial charge is 0.264 e. The average molecular weight is 586 g/mol. The molecule has 0 radical (unpaired) electrons. The molecule has 0 aliphatic carbocycles. The van der Waals surface area contributed by atoms with Crippen LogP contribution in [0.5, 0.6) is 17.2 Å². The van der Waals surface area contributed by atoms with Gasteiger partial charge in [0.15, 0.2) is 11.7 Å². The molecule has 1 amide bonds. The van der Waals surface area contributed by atoms with Crippen molar-refractivity contribution in [1.29, 1.82) is 0 Å². The highest BCUT2D eigenvalue weighted by molar-refractivity contribution is 9.11. The number of amides is 1. The second-order valence-electron chi connectivity index (χ2n) is 6.97. The molecular weight excluding hydrogens is 568 g/mol. The predicted molar refractivity (Wildman–Crippen MR) is 142 cm³/mol. The van der Waals surface area contributed by atoms with Crippen molar-refractivity contribution >= 4 is 71.6 Å². The van der Waals surface area contributed by atoms with Crippen LogP contribution in [0.25, 0.3) is 10.8 Å². The Morgan fingerprint density at radius 2 is 1.61 bits per heavy atom. The molecule has 4 aromatic carbocycles. The van der Waals surface area contributed by atoms with Crippen molar-refractivity contribution < 1.29 is 14.3 Å². The van der Waals surface area contributed by atoms with Crippen molar-refractivity contribution in [3.63, 3.8) is 0 Å². The molecule has 0 atom stereocenters. The summed E-state index contributed by atoms with van der Waals surface area (Å²) in [5, 5.41) is 7.83. The van der Waals surface area contributed by atoms with Gasteiger partial charge in [0, 0.05) is 10.2 Å². The van der Waals surface area contributed by atoms with E-state index < -0.39 is 0 Å². The molecule has 2 N–H and O–H groups in total. The third kappa shape index (κ3) is 6.31. The highest BCUT2D eigenvalue weighted by atomic mass is 79.9. The Balaban J connectivity index is 1.28. The molecule has 0 spiro atoms. The number of carbonyl (C=O) groups is 1. The summed E-state index contributed by atoms with van der Waals surface area (Å²) in [5.74, 6) is 1.67. The summed E-state index contributed by atoms with van der Waals surface area (Å²) in [5.41, 5.74) is 0.727. The van der Waals surface area contributed by atoms with Gasteiger partial charge in [-0.2, -0.15) is 0 Å². The van der Waals surface area contributed by atoms with E-state index in [9.17, 15) is 4.79 Å². The van der Waals surface area contributed by atoms with Crippen molar-refractivity contribution in [2.45, 2.75) is 0 Å². The van der Waals surface area contributed by atoms with Crippen molar-refractivity contribution in [3.05, 3.63) is 93.9 Å². The number of hydrogen-bond acceptors (Lipinski definition) is 4. The second-order valence-corrected chi connectivity index (χ2v) is 9.09. The van der Waals surface area contributed by atoms with Gasteiger partial charge in [-0.3, -0.25) is 10.1 Å². The molecule has 33 heavy (non-hydrogen) atoms. The van der Waals surface area contributed by atoms with Gasteiger partial charge in [-0.1, -0.05) is 46.3 Å². The van der Waals surface area contributed by atoms with E-state index in [0.29, 0.717) is 11.5 Å². The average Bonchev–Trinajstić information content (AvgIpc) is 2.80. The summed E-state index contributed by atoms with van der Waals surface area (Å²) < 4.78 is 13.2. The van der Waals surface area contributed by atoms with Crippen molar-refractivity contribution in [1.82, 2.24) is 5.32 Å². The molecule has 0 heterocycles. The predicted octanol–water partition coefficient (Wildman–Crippen LogP) is 7.05. The maximum atomic E-state index is 12.3. The minimum atomic E-state index is -0.362. The van der Waals surface area contributed by atoms with Gasteiger partial charge < -0.3 is 14.8 Å². The van der Waals surface area contributed by atoms with Crippen LogP contribution in [0.15, 0.2) is 93.9 Å². The summed E-state index contributed by atoms with van der Waals surface area (Å²) in [4.78, 5) is 12.3.